The molecule has 2 saturated carbocycles. The number of hydrogen-bond acceptors (Lipinski definition) is 0. The minimum absolute atomic E-state index is 0.604. The Balaban J connectivity index is 1.97. The van der Waals surface area contributed by atoms with Gasteiger partial charge in [0.05, 0.1) is 0 Å². The Kier molecular flexibility index (Phi) is 3.15. The van der Waals surface area contributed by atoms with Gasteiger partial charge in [-0.05, 0) is 73.5 Å². The van der Waals surface area contributed by atoms with E-state index in [-0.39, 0.29) is 0 Å². The van der Waals surface area contributed by atoms with Crippen molar-refractivity contribution in [1.29, 1.82) is 0 Å². The van der Waals surface area contributed by atoms with E-state index < -0.39 is 0 Å². The number of fused-ring (bicyclic) bond motifs is 1. The van der Waals surface area contributed by atoms with Crippen LogP contribution in [0, 0.1) is 34.5 Å². The van der Waals surface area contributed by atoms with Gasteiger partial charge in [-0.3, -0.25) is 0 Å². The van der Waals surface area contributed by atoms with E-state index in [4.69, 9.17) is 0 Å². The maximum absolute atomic E-state index is 2.72. The molecule has 0 aromatic rings. The Morgan fingerprint density at radius 3 is 2.68 bits per heavy atom. The van der Waals surface area contributed by atoms with E-state index in [0.717, 1.165) is 23.7 Å². The van der Waals surface area contributed by atoms with Gasteiger partial charge in [0.1, 0.15) is 0 Å². The summed E-state index contributed by atoms with van der Waals surface area (Å²) in [5.41, 5.74) is 2.94. The Morgan fingerprint density at radius 2 is 2.11 bits per heavy atom. The van der Waals surface area contributed by atoms with Crippen LogP contribution in [0.3, 0.4) is 0 Å². The second-order valence-corrected chi connectivity index (χ2v) is 8.46. The minimum atomic E-state index is 0.604. The summed E-state index contributed by atoms with van der Waals surface area (Å²) in [5.74, 6) is 3.73. The van der Waals surface area contributed by atoms with E-state index >= 15 is 0 Å². The fourth-order valence-corrected chi connectivity index (χ4v) is 6.56. The molecule has 0 aliphatic heterocycles. The van der Waals surface area contributed by atoms with Crippen molar-refractivity contribution in [2.24, 2.45) is 34.5 Å². The number of rotatable bonds is 3. The molecule has 0 radical (unpaired) electrons. The van der Waals surface area contributed by atoms with Crippen molar-refractivity contribution in [3.63, 3.8) is 0 Å². The molecule has 3 aliphatic carbocycles. The van der Waals surface area contributed by atoms with E-state index in [0.29, 0.717) is 10.8 Å². The lowest BCUT2D eigenvalue weighted by molar-refractivity contribution is -0.0503. The molecule has 0 heteroatoms. The molecule has 2 fully saturated rings. The van der Waals surface area contributed by atoms with Crippen molar-refractivity contribution in [3.05, 3.63) is 11.6 Å². The smallest absolute Gasteiger partial charge is 0.00760 e. The molecule has 3 aliphatic rings. The Labute approximate surface area is 120 Å². The first kappa shape index (κ1) is 13.7. The second kappa shape index (κ2) is 4.37. The van der Waals surface area contributed by atoms with Gasteiger partial charge in [-0.15, -0.1) is 0 Å². The summed E-state index contributed by atoms with van der Waals surface area (Å²) in [4.78, 5) is 0. The molecular formula is C19H32. The molecule has 0 aromatic heterocycles. The highest BCUT2D eigenvalue weighted by Gasteiger charge is 2.60. The summed E-state index contributed by atoms with van der Waals surface area (Å²) in [6.07, 6.45) is 11.5. The maximum Gasteiger partial charge on any atom is -0.00760 e. The number of hydrogen-bond donors (Lipinski definition) is 0. The molecule has 108 valence electrons. The van der Waals surface area contributed by atoms with E-state index in [1.54, 1.807) is 5.57 Å². The van der Waals surface area contributed by atoms with Crippen molar-refractivity contribution in [1.82, 2.24) is 0 Å². The Hall–Kier alpha value is -0.260. The molecule has 3 rings (SSSR count). The van der Waals surface area contributed by atoms with Gasteiger partial charge in [-0.1, -0.05) is 45.8 Å². The predicted molar refractivity (Wildman–Crippen MR) is 83.0 cm³/mol. The van der Waals surface area contributed by atoms with Gasteiger partial charge in [-0.2, -0.15) is 0 Å². The molecule has 0 N–H and O–H groups in total. The standard InChI is InChI=1S/C19H32/c1-6-8-18(5)16(13(2)3)7-9-19-11-14(4)15(12-19)10-17(18)19/h11,13,15-17H,6-10,12H2,1-5H3. The lowest BCUT2D eigenvalue weighted by Crippen LogP contribution is -2.48. The monoisotopic (exact) mass is 260 g/mol. The zero-order chi connectivity index (χ0) is 13.8. The Morgan fingerprint density at radius 1 is 1.37 bits per heavy atom. The normalized spacial score (nSPS) is 48.5. The van der Waals surface area contributed by atoms with Gasteiger partial charge in [0, 0.05) is 0 Å². The van der Waals surface area contributed by atoms with Gasteiger partial charge in [-0.25, -0.2) is 0 Å². The first-order valence-corrected chi connectivity index (χ1v) is 8.62. The van der Waals surface area contributed by atoms with Crippen LogP contribution in [0.1, 0.15) is 73.1 Å². The number of allylic oxidation sites excluding steroid dienone is 2. The van der Waals surface area contributed by atoms with E-state index in [2.05, 4.69) is 40.7 Å². The fraction of sp³-hybridized carbons (Fsp3) is 0.895. The van der Waals surface area contributed by atoms with Gasteiger partial charge in [0.15, 0.2) is 0 Å². The first-order chi connectivity index (χ1) is 8.93. The quantitative estimate of drug-likeness (QED) is 0.560. The summed E-state index contributed by atoms with van der Waals surface area (Å²) in [7, 11) is 0. The van der Waals surface area contributed by atoms with Crippen LogP contribution in [0.25, 0.3) is 0 Å². The molecule has 0 heterocycles. The topological polar surface area (TPSA) is 0 Å². The van der Waals surface area contributed by atoms with E-state index in [9.17, 15) is 0 Å². The zero-order valence-electron chi connectivity index (χ0n) is 13.6. The third kappa shape index (κ3) is 1.78. The van der Waals surface area contributed by atoms with Crippen molar-refractivity contribution in [2.75, 3.05) is 0 Å². The fourth-order valence-electron chi connectivity index (χ4n) is 6.56. The lowest BCUT2D eigenvalue weighted by Gasteiger charge is -2.56. The van der Waals surface area contributed by atoms with Crippen molar-refractivity contribution < 1.29 is 0 Å². The molecule has 0 saturated heterocycles. The van der Waals surface area contributed by atoms with Crippen molar-refractivity contribution in [3.8, 4) is 0 Å². The average Bonchev–Trinajstić information content (AvgIpc) is 2.83. The summed E-state index contributed by atoms with van der Waals surface area (Å²) in [6, 6.07) is 0. The summed E-state index contributed by atoms with van der Waals surface area (Å²) in [6.45, 7) is 12.4. The largest absolute Gasteiger partial charge is 0.0788 e. The molecule has 1 spiro atoms. The Bertz CT molecular complexity index is 391. The van der Waals surface area contributed by atoms with Crippen LogP contribution in [0.5, 0.6) is 0 Å². The minimum Gasteiger partial charge on any atom is -0.0788 e. The highest BCUT2D eigenvalue weighted by atomic mass is 14.6. The molecular weight excluding hydrogens is 228 g/mol. The molecule has 0 aromatic carbocycles. The summed E-state index contributed by atoms with van der Waals surface area (Å²) >= 11 is 0. The third-order valence-electron chi connectivity index (χ3n) is 7.16. The first-order valence-electron chi connectivity index (χ1n) is 8.62. The molecule has 5 unspecified atom stereocenters. The molecule has 2 bridgehead atoms. The lowest BCUT2D eigenvalue weighted by atomic mass is 9.49. The van der Waals surface area contributed by atoms with Gasteiger partial charge >= 0.3 is 0 Å². The third-order valence-corrected chi connectivity index (χ3v) is 7.16. The molecule has 0 amide bonds. The van der Waals surface area contributed by atoms with E-state index in [1.165, 1.54) is 38.5 Å². The molecule has 5 atom stereocenters. The van der Waals surface area contributed by atoms with Crippen LogP contribution >= 0.6 is 0 Å². The van der Waals surface area contributed by atoms with Crippen LogP contribution in [-0.4, -0.2) is 0 Å². The van der Waals surface area contributed by atoms with Gasteiger partial charge in [0.25, 0.3) is 0 Å². The highest BCUT2D eigenvalue weighted by molar-refractivity contribution is 5.28. The van der Waals surface area contributed by atoms with Gasteiger partial charge < -0.3 is 0 Å². The predicted octanol–water partition coefficient (Wildman–Crippen LogP) is 5.83. The average molecular weight is 260 g/mol. The van der Waals surface area contributed by atoms with E-state index in [1.807, 2.05) is 0 Å². The highest BCUT2D eigenvalue weighted by Crippen LogP contribution is 2.69. The van der Waals surface area contributed by atoms with Crippen LogP contribution in [-0.2, 0) is 0 Å². The molecule has 0 nitrogen and oxygen atoms in total. The van der Waals surface area contributed by atoms with Crippen molar-refractivity contribution >= 4 is 0 Å². The molecule has 19 heavy (non-hydrogen) atoms. The van der Waals surface area contributed by atoms with Gasteiger partial charge in [0.2, 0.25) is 0 Å². The summed E-state index contributed by atoms with van der Waals surface area (Å²) < 4.78 is 0. The maximum atomic E-state index is 2.72. The van der Waals surface area contributed by atoms with Crippen LogP contribution in [0.15, 0.2) is 11.6 Å². The summed E-state index contributed by atoms with van der Waals surface area (Å²) in [5, 5.41) is 0. The van der Waals surface area contributed by atoms with Crippen LogP contribution in [0.4, 0.5) is 0 Å². The van der Waals surface area contributed by atoms with Crippen LogP contribution in [0.2, 0.25) is 0 Å². The second-order valence-electron chi connectivity index (χ2n) is 8.46. The van der Waals surface area contributed by atoms with Crippen LogP contribution < -0.4 is 0 Å². The zero-order valence-corrected chi connectivity index (χ0v) is 13.6. The SMILES string of the molecule is CCCC1(C)C(C(C)C)CCC23C=C(C)C(CC21)C3. The van der Waals surface area contributed by atoms with Crippen molar-refractivity contribution in [2.45, 2.75) is 73.1 Å².